The summed E-state index contributed by atoms with van der Waals surface area (Å²) in [5, 5.41) is 5.66. The number of likely N-dealkylation sites (tertiary alicyclic amines) is 1. The molecule has 0 bridgehead atoms. The predicted octanol–water partition coefficient (Wildman–Crippen LogP) is 2.58. The van der Waals surface area contributed by atoms with E-state index in [0.29, 0.717) is 24.8 Å². The fraction of sp³-hybridized carbons (Fsp3) is 0.636. The molecule has 156 valence electrons. The zero-order valence-corrected chi connectivity index (χ0v) is 17.5. The van der Waals surface area contributed by atoms with Crippen LogP contribution in [0.5, 0.6) is 5.75 Å². The summed E-state index contributed by atoms with van der Waals surface area (Å²) in [6.07, 6.45) is 3.49. The Kier molecular flexibility index (Phi) is 9.28. The van der Waals surface area contributed by atoms with Crippen LogP contribution in [0.3, 0.4) is 0 Å². The number of carbonyl (C=O) groups is 2. The Hall–Kier alpha value is -2.08. The van der Waals surface area contributed by atoms with Crippen molar-refractivity contribution in [1.82, 2.24) is 15.5 Å². The first-order valence-corrected chi connectivity index (χ1v) is 10.3. The molecule has 1 aromatic rings. The van der Waals surface area contributed by atoms with E-state index < -0.39 is 0 Å². The van der Waals surface area contributed by atoms with Gasteiger partial charge in [0.2, 0.25) is 11.8 Å². The van der Waals surface area contributed by atoms with Crippen molar-refractivity contribution in [1.29, 1.82) is 0 Å². The van der Waals surface area contributed by atoms with Crippen molar-refractivity contribution >= 4 is 11.8 Å². The van der Waals surface area contributed by atoms with Gasteiger partial charge >= 0.3 is 0 Å². The van der Waals surface area contributed by atoms with E-state index in [1.807, 2.05) is 12.1 Å². The molecular weight excluding hydrogens is 354 g/mol. The molecule has 0 saturated carbocycles. The third-order valence-electron chi connectivity index (χ3n) is 5.26. The van der Waals surface area contributed by atoms with Crippen LogP contribution in [0.25, 0.3) is 0 Å². The lowest BCUT2D eigenvalue weighted by Crippen LogP contribution is -2.41. The van der Waals surface area contributed by atoms with E-state index in [0.717, 1.165) is 44.6 Å². The van der Waals surface area contributed by atoms with Gasteiger partial charge in [-0.05, 0) is 61.9 Å². The molecule has 28 heavy (non-hydrogen) atoms. The van der Waals surface area contributed by atoms with E-state index in [-0.39, 0.29) is 18.4 Å². The number of benzene rings is 1. The number of hydrogen-bond donors (Lipinski definition) is 2. The van der Waals surface area contributed by atoms with Crippen LogP contribution in [0.2, 0.25) is 0 Å². The zero-order valence-electron chi connectivity index (χ0n) is 17.5. The highest BCUT2D eigenvalue weighted by Crippen LogP contribution is 2.19. The number of carbonyl (C=O) groups excluding carboxylic acids is 2. The van der Waals surface area contributed by atoms with Crippen molar-refractivity contribution < 1.29 is 14.3 Å². The van der Waals surface area contributed by atoms with Crippen molar-refractivity contribution in [2.24, 2.45) is 11.8 Å². The number of ether oxygens (including phenoxy) is 1. The molecule has 1 saturated heterocycles. The van der Waals surface area contributed by atoms with E-state index in [9.17, 15) is 9.59 Å². The summed E-state index contributed by atoms with van der Waals surface area (Å²) in [5.41, 5.74) is 1.29. The molecule has 1 fully saturated rings. The van der Waals surface area contributed by atoms with Gasteiger partial charge in [0.05, 0.1) is 13.7 Å². The summed E-state index contributed by atoms with van der Waals surface area (Å²) < 4.78 is 5.20. The molecule has 1 aliphatic heterocycles. The van der Waals surface area contributed by atoms with Gasteiger partial charge in [-0.25, -0.2) is 0 Å². The number of piperidine rings is 1. The summed E-state index contributed by atoms with van der Waals surface area (Å²) in [7, 11) is 1.68. The molecule has 0 radical (unpaired) electrons. The van der Waals surface area contributed by atoms with E-state index in [1.54, 1.807) is 7.11 Å². The highest BCUT2D eigenvalue weighted by molar-refractivity contribution is 5.84. The monoisotopic (exact) mass is 389 g/mol. The number of hydrogen-bond acceptors (Lipinski definition) is 4. The molecule has 2 N–H and O–H groups in total. The quantitative estimate of drug-likeness (QED) is 0.645. The van der Waals surface area contributed by atoms with Gasteiger partial charge in [-0.1, -0.05) is 26.0 Å². The van der Waals surface area contributed by atoms with Crippen LogP contribution in [0, 0.1) is 11.8 Å². The first kappa shape index (κ1) is 22.2. The van der Waals surface area contributed by atoms with Crippen molar-refractivity contribution in [2.45, 2.75) is 46.1 Å². The SMILES string of the molecule is COc1ccc(CN2CCC(CNC(=O)CNC(=O)CCC(C)C)CC2)cc1. The maximum absolute atomic E-state index is 11.9. The van der Waals surface area contributed by atoms with Gasteiger partial charge in [0.1, 0.15) is 5.75 Å². The largest absolute Gasteiger partial charge is 0.497 e. The molecule has 0 spiro atoms. The Balaban J connectivity index is 1.59. The molecule has 6 nitrogen and oxygen atoms in total. The molecule has 2 amide bonds. The Bertz CT molecular complexity index is 608. The third kappa shape index (κ3) is 8.30. The Morgan fingerprint density at radius 1 is 1.11 bits per heavy atom. The molecule has 2 rings (SSSR count). The molecule has 1 heterocycles. The van der Waals surface area contributed by atoms with Crippen LogP contribution in [-0.4, -0.2) is 50.0 Å². The number of rotatable bonds is 10. The molecule has 0 atom stereocenters. The average molecular weight is 390 g/mol. The number of nitrogens with one attached hydrogen (secondary N) is 2. The second kappa shape index (κ2) is 11.7. The van der Waals surface area contributed by atoms with Crippen molar-refractivity contribution in [3.05, 3.63) is 29.8 Å². The molecular formula is C22H35N3O3. The first-order chi connectivity index (χ1) is 13.5. The predicted molar refractivity (Wildman–Crippen MR) is 111 cm³/mol. The maximum Gasteiger partial charge on any atom is 0.239 e. The minimum absolute atomic E-state index is 0.0457. The first-order valence-electron chi connectivity index (χ1n) is 10.3. The summed E-state index contributed by atoms with van der Waals surface area (Å²) in [5.74, 6) is 1.74. The fourth-order valence-corrected chi connectivity index (χ4v) is 3.35. The Morgan fingerprint density at radius 3 is 2.39 bits per heavy atom. The summed E-state index contributed by atoms with van der Waals surface area (Å²) >= 11 is 0. The average Bonchev–Trinajstić information content (AvgIpc) is 2.70. The normalized spacial score (nSPS) is 15.4. The molecule has 1 aromatic carbocycles. The molecule has 6 heteroatoms. The van der Waals surface area contributed by atoms with Crippen molar-refractivity contribution in [3.8, 4) is 5.75 Å². The van der Waals surface area contributed by atoms with Crippen LogP contribution in [0.15, 0.2) is 24.3 Å². The van der Waals surface area contributed by atoms with E-state index in [4.69, 9.17) is 4.74 Å². The van der Waals surface area contributed by atoms with Crippen LogP contribution in [0.4, 0.5) is 0 Å². The van der Waals surface area contributed by atoms with E-state index in [1.165, 1.54) is 5.56 Å². The highest BCUT2D eigenvalue weighted by Gasteiger charge is 2.20. The smallest absolute Gasteiger partial charge is 0.239 e. The van der Waals surface area contributed by atoms with Gasteiger partial charge in [0.25, 0.3) is 0 Å². The molecule has 0 aliphatic carbocycles. The van der Waals surface area contributed by atoms with E-state index in [2.05, 4.69) is 41.5 Å². The maximum atomic E-state index is 11.9. The highest BCUT2D eigenvalue weighted by atomic mass is 16.5. The number of amides is 2. The van der Waals surface area contributed by atoms with Gasteiger partial charge in [-0.2, -0.15) is 0 Å². The zero-order chi connectivity index (χ0) is 20.4. The Morgan fingerprint density at radius 2 is 1.79 bits per heavy atom. The fourth-order valence-electron chi connectivity index (χ4n) is 3.35. The van der Waals surface area contributed by atoms with Crippen LogP contribution >= 0.6 is 0 Å². The van der Waals surface area contributed by atoms with Crippen LogP contribution < -0.4 is 15.4 Å². The minimum Gasteiger partial charge on any atom is -0.497 e. The minimum atomic E-state index is -0.0986. The number of methoxy groups -OCH3 is 1. The van der Waals surface area contributed by atoms with Crippen LogP contribution in [0.1, 0.15) is 45.1 Å². The third-order valence-corrected chi connectivity index (χ3v) is 5.26. The molecule has 0 aromatic heterocycles. The van der Waals surface area contributed by atoms with Gasteiger partial charge in [0, 0.05) is 19.5 Å². The van der Waals surface area contributed by atoms with Crippen molar-refractivity contribution in [2.75, 3.05) is 33.3 Å². The van der Waals surface area contributed by atoms with Gasteiger partial charge in [0.15, 0.2) is 0 Å². The summed E-state index contributed by atoms with van der Waals surface area (Å²) in [4.78, 5) is 26.1. The summed E-state index contributed by atoms with van der Waals surface area (Å²) in [6.45, 7) is 7.97. The van der Waals surface area contributed by atoms with Gasteiger partial charge in [-0.15, -0.1) is 0 Å². The lowest BCUT2D eigenvalue weighted by molar-refractivity contribution is -0.126. The summed E-state index contributed by atoms with van der Waals surface area (Å²) in [6, 6.07) is 8.22. The lowest BCUT2D eigenvalue weighted by atomic mass is 9.96. The second-order valence-corrected chi connectivity index (χ2v) is 8.08. The molecule has 1 aliphatic rings. The van der Waals surface area contributed by atoms with Gasteiger partial charge in [-0.3, -0.25) is 14.5 Å². The Labute approximate surface area is 169 Å². The number of nitrogens with zero attached hydrogens (tertiary/aromatic N) is 1. The van der Waals surface area contributed by atoms with Crippen LogP contribution in [-0.2, 0) is 16.1 Å². The van der Waals surface area contributed by atoms with E-state index >= 15 is 0 Å². The van der Waals surface area contributed by atoms with Crippen molar-refractivity contribution in [3.63, 3.8) is 0 Å². The van der Waals surface area contributed by atoms with Gasteiger partial charge < -0.3 is 15.4 Å². The standard InChI is InChI=1S/C22H35N3O3/c1-17(2)4-9-21(26)24-15-22(27)23-14-18-10-12-25(13-11-18)16-19-5-7-20(28-3)8-6-19/h5-8,17-18H,4,9-16H2,1-3H3,(H,23,27)(H,24,26). The second-order valence-electron chi connectivity index (χ2n) is 8.08. The topological polar surface area (TPSA) is 70.7 Å². The lowest BCUT2D eigenvalue weighted by Gasteiger charge is -2.32. The molecule has 0 unspecified atom stereocenters.